The van der Waals surface area contributed by atoms with Gasteiger partial charge in [-0.3, -0.25) is 4.98 Å². The van der Waals surface area contributed by atoms with Crippen molar-refractivity contribution in [2.75, 3.05) is 0 Å². The monoisotopic (exact) mass is 409 g/mol. The Hall–Kier alpha value is -1.70. The molecule has 1 aliphatic carbocycles. The number of hydrogen-bond donors (Lipinski definition) is 0. The van der Waals surface area contributed by atoms with Crippen LogP contribution in [0.3, 0.4) is 0 Å². The second kappa shape index (κ2) is 12.2. The van der Waals surface area contributed by atoms with Crippen LogP contribution >= 0.6 is 0 Å². The largest absolute Gasteiger partial charge is 0.256 e. The number of pyridine rings is 1. The van der Waals surface area contributed by atoms with Gasteiger partial charge in [-0.05, 0) is 73.3 Å². The highest BCUT2D eigenvalue weighted by atomic mass is 19.1. The van der Waals surface area contributed by atoms with E-state index in [1.54, 1.807) is 6.07 Å². The molecule has 1 aromatic carbocycles. The van der Waals surface area contributed by atoms with Gasteiger partial charge in [-0.15, -0.1) is 0 Å². The zero-order valence-electron chi connectivity index (χ0n) is 19.1. The standard InChI is InChI=1S/C28H40FN/c1-3-5-6-7-8-9-11-22-12-15-24(16-13-22)25-17-19-28(30-21-25)26-18-14-23(10-4-2)20-27(26)29/h14,17-22,24H,3-13,15-16H2,1-2H3/t22-,24-. The Kier molecular flexibility index (Phi) is 9.36. The molecule has 0 atom stereocenters. The topological polar surface area (TPSA) is 12.9 Å². The third kappa shape index (κ3) is 6.65. The zero-order chi connectivity index (χ0) is 21.2. The van der Waals surface area contributed by atoms with Crippen LogP contribution in [0, 0.1) is 11.7 Å². The summed E-state index contributed by atoms with van der Waals surface area (Å²) >= 11 is 0. The van der Waals surface area contributed by atoms with Crippen molar-refractivity contribution >= 4 is 0 Å². The van der Waals surface area contributed by atoms with Crippen molar-refractivity contribution in [1.82, 2.24) is 4.98 Å². The van der Waals surface area contributed by atoms with Gasteiger partial charge in [-0.2, -0.15) is 0 Å². The second-order valence-corrected chi connectivity index (χ2v) is 9.32. The maximum Gasteiger partial charge on any atom is 0.132 e. The van der Waals surface area contributed by atoms with Gasteiger partial charge in [0.05, 0.1) is 5.69 Å². The Labute approximate surface area is 183 Å². The molecule has 2 heteroatoms. The summed E-state index contributed by atoms with van der Waals surface area (Å²) < 4.78 is 14.5. The molecule has 0 amide bonds. The first-order valence-corrected chi connectivity index (χ1v) is 12.5. The molecule has 0 saturated heterocycles. The summed E-state index contributed by atoms with van der Waals surface area (Å²) in [5.74, 6) is 1.40. The Balaban J connectivity index is 1.47. The van der Waals surface area contributed by atoms with Gasteiger partial charge in [0.2, 0.25) is 0 Å². The van der Waals surface area contributed by atoms with Gasteiger partial charge in [0.25, 0.3) is 0 Å². The molecule has 1 saturated carbocycles. The van der Waals surface area contributed by atoms with E-state index < -0.39 is 0 Å². The van der Waals surface area contributed by atoms with E-state index in [0.717, 1.165) is 30.0 Å². The first-order valence-electron chi connectivity index (χ1n) is 12.5. The molecule has 2 aromatic rings. The van der Waals surface area contributed by atoms with Crippen LogP contribution < -0.4 is 0 Å². The van der Waals surface area contributed by atoms with Crippen molar-refractivity contribution < 1.29 is 4.39 Å². The lowest BCUT2D eigenvalue weighted by Gasteiger charge is -2.28. The van der Waals surface area contributed by atoms with Crippen molar-refractivity contribution in [3.8, 4) is 11.3 Å². The summed E-state index contributed by atoms with van der Waals surface area (Å²) in [4.78, 5) is 4.62. The number of unbranched alkanes of at least 4 members (excludes halogenated alkanes) is 5. The fourth-order valence-electron chi connectivity index (χ4n) is 5.01. The summed E-state index contributed by atoms with van der Waals surface area (Å²) in [5.41, 5.74) is 3.76. The third-order valence-corrected chi connectivity index (χ3v) is 6.92. The van der Waals surface area contributed by atoms with Crippen LogP contribution in [-0.4, -0.2) is 4.98 Å². The van der Waals surface area contributed by atoms with Crippen molar-refractivity contribution in [2.45, 2.75) is 103 Å². The lowest BCUT2D eigenvalue weighted by Crippen LogP contribution is -2.13. The average molecular weight is 410 g/mol. The van der Waals surface area contributed by atoms with Crippen LogP contribution in [0.5, 0.6) is 0 Å². The SMILES string of the molecule is CCCCCCCC[C@H]1CC[C@H](c2ccc(-c3ccc(CCC)cc3F)nc2)CC1. The van der Waals surface area contributed by atoms with Gasteiger partial charge >= 0.3 is 0 Å². The highest BCUT2D eigenvalue weighted by Gasteiger charge is 2.22. The second-order valence-electron chi connectivity index (χ2n) is 9.32. The molecule has 3 rings (SSSR count). The van der Waals surface area contributed by atoms with Crippen LogP contribution in [-0.2, 0) is 6.42 Å². The molecular weight excluding hydrogens is 369 g/mol. The molecule has 0 spiro atoms. The maximum atomic E-state index is 14.5. The number of halogens is 1. The van der Waals surface area contributed by atoms with Gasteiger partial charge in [0.1, 0.15) is 5.82 Å². The number of hydrogen-bond acceptors (Lipinski definition) is 1. The molecule has 1 nitrogen and oxygen atoms in total. The Morgan fingerprint density at radius 2 is 1.63 bits per heavy atom. The normalized spacial score (nSPS) is 19.2. The molecule has 0 unspecified atom stereocenters. The zero-order valence-corrected chi connectivity index (χ0v) is 19.1. The van der Waals surface area contributed by atoms with Crippen LogP contribution in [0.25, 0.3) is 11.3 Å². The number of rotatable bonds is 11. The predicted molar refractivity (Wildman–Crippen MR) is 126 cm³/mol. The molecule has 30 heavy (non-hydrogen) atoms. The highest BCUT2D eigenvalue weighted by Crippen LogP contribution is 2.38. The van der Waals surface area contributed by atoms with E-state index in [1.807, 2.05) is 24.4 Å². The lowest BCUT2D eigenvalue weighted by atomic mass is 9.77. The Morgan fingerprint density at radius 3 is 2.30 bits per heavy atom. The minimum Gasteiger partial charge on any atom is -0.256 e. The molecule has 164 valence electrons. The number of benzene rings is 1. The average Bonchev–Trinajstić information content (AvgIpc) is 2.77. The Morgan fingerprint density at radius 1 is 0.867 bits per heavy atom. The van der Waals surface area contributed by atoms with E-state index in [9.17, 15) is 4.39 Å². The number of nitrogens with zero attached hydrogens (tertiary/aromatic N) is 1. The van der Waals surface area contributed by atoms with Crippen molar-refractivity contribution in [1.29, 1.82) is 0 Å². The first kappa shape index (κ1) is 23.0. The molecule has 1 fully saturated rings. The molecular formula is C28H40FN. The van der Waals surface area contributed by atoms with Crippen LogP contribution in [0.1, 0.15) is 108 Å². The summed E-state index contributed by atoms with van der Waals surface area (Å²) in [6, 6.07) is 9.77. The van der Waals surface area contributed by atoms with E-state index in [4.69, 9.17) is 0 Å². The van der Waals surface area contributed by atoms with Crippen LogP contribution in [0.2, 0.25) is 0 Å². The number of aryl methyl sites for hydroxylation is 1. The molecule has 1 aromatic heterocycles. The summed E-state index contributed by atoms with van der Waals surface area (Å²) in [5, 5.41) is 0. The Bertz CT molecular complexity index is 744. The van der Waals surface area contributed by atoms with E-state index in [0.29, 0.717) is 11.5 Å². The van der Waals surface area contributed by atoms with E-state index >= 15 is 0 Å². The third-order valence-electron chi connectivity index (χ3n) is 6.92. The van der Waals surface area contributed by atoms with E-state index in [-0.39, 0.29) is 5.82 Å². The lowest BCUT2D eigenvalue weighted by molar-refractivity contribution is 0.301. The van der Waals surface area contributed by atoms with Gasteiger partial charge in [0, 0.05) is 11.8 Å². The highest BCUT2D eigenvalue weighted by molar-refractivity contribution is 5.60. The maximum absolute atomic E-state index is 14.5. The predicted octanol–water partition coefficient (Wildman–Crippen LogP) is 8.86. The van der Waals surface area contributed by atoms with Crippen LogP contribution in [0.15, 0.2) is 36.5 Å². The van der Waals surface area contributed by atoms with Crippen LogP contribution in [0.4, 0.5) is 4.39 Å². The van der Waals surface area contributed by atoms with Crippen molar-refractivity contribution in [2.24, 2.45) is 5.92 Å². The summed E-state index contributed by atoms with van der Waals surface area (Å²) in [6.45, 7) is 4.40. The van der Waals surface area contributed by atoms with Crippen molar-refractivity contribution in [3.05, 3.63) is 53.5 Å². The summed E-state index contributed by atoms with van der Waals surface area (Å²) in [7, 11) is 0. The molecule has 1 heterocycles. The fraction of sp³-hybridized carbons (Fsp3) is 0.607. The molecule has 0 bridgehead atoms. The quantitative estimate of drug-likeness (QED) is 0.338. The smallest absolute Gasteiger partial charge is 0.132 e. The summed E-state index contributed by atoms with van der Waals surface area (Å²) in [6.07, 6.45) is 19.0. The van der Waals surface area contributed by atoms with Gasteiger partial charge in [0.15, 0.2) is 0 Å². The molecule has 0 radical (unpaired) electrons. The first-order chi connectivity index (χ1) is 14.7. The fourth-order valence-corrected chi connectivity index (χ4v) is 5.01. The van der Waals surface area contributed by atoms with Crippen molar-refractivity contribution in [3.63, 3.8) is 0 Å². The minimum atomic E-state index is -0.156. The number of aromatic nitrogens is 1. The molecule has 1 aliphatic rings. The minimum absolute atomic E-state index is 0.156. The van der Waals surface area contributed by atoms with Gasteiger partial charge < -0.3 is 0 Å². The van der Waals surface area contributed by atoms with E-state index in [2.05, 4.69) is 24.9 Å². The van der Waals surface area contributed by atoms with Gasteiger partial charge in [-0.1, -0.05) is 77.3 Å². The van der Waals surface area contributed by atoms with Gasteiger partial charge in [-0.25, -0.2) is 4.39 Å². The molecule has 0 aliphatic heterocycles. The van der Waals surface area contributed by atoms with E-state index in [1.165, 1.54) is 76.2 Å². The molecule has 0 N–H and O–H groups in total.